The monoisotopic (exact) mass is 265 g/mol. The van der Waals surface area contributed by atoms with Crippen molar-refractivity contribution in [3.63, 3.8) is 0 Å². The van der Waals surface area contributed by atoms with Gasteiger partial charge in [0.15, 0.2) is 0 Å². The van der Waals surface area contributed by atoms with E-state index in [9.17, 15) is 9.59 Å². The molecule has 1 amide bonds. The third-order valence-electron chi connectivity index (χ3n) is 2.48. The Balaban J connectivity index is 2.64. The van der Waals surface area contributed by atoms with E-state index in [-0.39, 0.29) is 18.0 Å². The molecule has 0 heterocycles. The number of nitrogens with one attached hydrogen (secondary N) is 2. The summed E-state index contributed by atoms with van der Waals surface area (Å²) in [4.78, 5) is 22.9. The van der Waals surface area contributed by atoms with Crippen LogP contribution in [0.3, 0.4) is 0 Å². The van der Waals surface area contributed by atoms with Crippen LogP contribution in [0.15, 0.2) is 18.2 Å². The second-order valence-electron chi connectivity index (χ2n) is 4.00. The molecule has 0 unspecified atom stereocenters. The van der Waals surface area contributed by atoms with Crippen molar-refractivity contribution in [2.45, 2.75) is 13.3 Å². The molecule has 0 atom stereocenters. The summed E-state index contributed by atoms with van der Waals surface area (Å²) in [6, 6.07) is 4.86. The highest BCUT2D eigenvalue weighted by atomic mass is 16.5. The quantitative estimate of drug-likeness (QED) is 0.527. The topological polar surface area (TPSA) is 93.5 Å². The van der Waals surface area contributed by atoms with Gasteiger partial charge in [-0.15, -0.1) is 0 Å². The van der Waals surface area contributed by atoms with Crippen molar-refractivity contribution in [1.82, 2.24) is 5.32 Å². The number of hydrogen-bond donors (Lipinski definition) is 3. The third kappa shape index (κ3) is 4.50. The smallest absolute Gasteiger partial charge is 0.340 e. The molecular weight excluding hydrogens is 246 g/mol. The van der Waals surface area contributed by atoms with Gasteiger partial charge in [0.05, 0.1) is 19.2 Å². The number of benzene rings is 1. The Morgan fingerprint density at radius 3 is 2.74 bits per heavy atom. The second-order valence-corrected chi connectivity index (χ2v) is 4.00. The molecule has 104 valence electrons. The first-order valence-electron chi connectivity index (χ1n) is 6.07. The molecule has 0 saturated carbocycles. The fourth-order valence-corrected chi connectivity index (χ4v) is 1.46. The summed E-state index contributed by atoms with van der Waals surface area (Å²) >= 11 is 0. The van der Waals surface area contributed by atoms with Gasteiger partial charge >= 0.3 is 5.97 Å². The zero-order chi connectivity index (χ0) is 14.3. The lowest BCUT2D eigenvalue weighted by molar-refractivity contribution is -0.119. The highest BCUT2D eigenvalue weighted by Gasteiger charge is 2.10. The number of amides is 1. The van der Waals surface area contributed by atoms with Crippen molar-refractivity contribution in [1.29, 1.82) is 0 Å². The van der Waals surface area contributed by atoms with Crippen molar-refractivity contribution >= 4 is 23.3 Å². The first-order valence-corrected chi connectivity index (χ1v) is 6.07. The van der Waals surface area contributed by atoms with Gasteiger partial charge in [0.2, 0.25) is 5.91 Å². The number of methoxy groups -OCH3 is 1. The molecule has 0 saturated heterocycles. The maximum absolute atomic E-state index is 11.5. The third-order valence-corrected chi connectivity index (χ3v) is 2.48. The van der Waals surface area contributed by atoms with E-state index < -0.39 is 5.97 Å². The van der Waals surface area contributed by atoms with Crippen LogP contribution in [0.4, 0.5) is 11.4 Å². The normalized spacial score (nSPS) is 9.79. The van der Waals surface area contributed by atoms with Gasteiger partial charge in [-0.2, -0.15) is 0 Å². The Bertz CT molecular complexity index is 460. The molecule has 0 spiro atoms. The Labute approximate surface area is 112 Å². The largest absolute Gasteiger partial charge is 0.465 e. The molecule has 0 bridgehead atoms. The van der Waals surface area contributed by atoms with Crippen LogP contribution in [-0.2, 0) is 9.53 Å². The Hall–Kier alpha value is -2.24. The zero-order valence-corrected chi connectivity index (χ0v) is 11.2. The number of esters is 1. The SMILES string of the molecule is CCCNC(=O)CNc1ccc(N)c(C(=O)OC)c1. The van der Waals surface area contributed by atoms with Gasteiger partial charge in [0.25, 0.3) is 0 Å². The summed E-state index contributed by atoms with van der Waals surface area (Å²) in [5, 5.41) is 5.67. The highest BCUT2D eigenvalue weighted by Crippen LogP contribution is 2.18. The summed E-state index contributed by atoms with van der Waals surface area (Å²) in [7, 11) is 1.29. The van der Waals surface area contributed by atoms with E-state index in [2.05, 4.69) is 15.4 Å². The maximum Gasteiger partial charge on any atom is 0.340 e. The van der Waals surface area contributed by atoms with Gasteiger partial charge in [0.1, 0.15) is 0 Å². The summed E-state index contributed by atoms with van der Waals surface area (Å²) in [5.41, 5.74) is 6.94. The lowest BCUT2D eigenvalue weighted by atomic mass is 10.1. The summed E-state index contributed by atoms with van der Waals surface area (Å²) < 4.78 is 4.62. The number of nitrogen functional groups attached to an aromatic ring is 1. The van der Waals surface area contributed by atoms with E-state index in [1.54, 1.807) is 18.2 Å². The van der Waals surface area contributed by atoms with Crippen LogP contribution in [0.25, 0.3) is 0 Å². The molecule has 4 N–H and O–H groups in total. The molecule has 1 rings (SSSR count). The molecular formula is C13H19N3O3. The minimum atomic E-state index is -0.503. The van der Waals surface area contributed by atoms with Crippen LogP contribution < -0.4 is 16.4 Å². The number of anilines is 2. The van der Waals surface area contributed by atoms with Crippen molar-refractivity contribution in [3.8, 4) is 0 Å². The first-order chi connectivity index (χ1) is 9.08. The molecule has 19 heavy (non-hydrogen) atoms. The molecule has 1 aromatic rings. The van der Waals surface area contributed by atoms with E-state index in [0.29, 0.717) is 17.9 Å². The van der Waals surface area contributed by atoms with E-state index in [4.69, 9.17) is 5.73 Å². The lowest BCUT2D eigenvalue weighted by Crippen LogP contribution is -2.30. The number of nitrogens with two attached hydrogens (primary N) is 1. The summed E-state index contributed by atoms with van der Waals surface area (Å²) in [6.45, 7) is 2.77. The van der Waals surface area contributed by atoms with E-state index >= 15 is 0 Å². The van der Waals surface area contributed by atoms with E-state index in [1.165, 1.54) is 7.11 Å². The van der Waals surface area contributed by atoms with Crippen LogP contribution in [0.1, 0.15) is 23.7 Å². The first kappa shape index (κ1) is 14.8. The number of ether oxygens (including phenoxy) is 1. The predicted molar refractivity (Wildman–Crippen MR) is 74.0 cm³/mol. The van der Waals surface area contributed by atoms with Crippen LogP contribution in [0.2, 0.25) is 0 Å². The number of carbonyl (C=O) groups is 2. The summed E-state index contributed by atoms with van der Waals surface area (Å²) in [5.74, 6) is -0.602. The number of rotatable bonds is 6. The van der Waals surface area contributed by atoms with Gasteiger partial charge in [-0.05, 0) is 24.6 Å². The van der Waals surface area contributed by atoms with Gasteiger partial charge in [-0.3, -0.25) is 4.79 Å². The standard InChI is InChI=1S/C13H19N3O3/c1-3-6-15-12(17)8-16-9-4-5-11(14)10(7-9)13(18)19-2/h4-5,7,16H,3,6,8,14H2,1-2H3,(H,15,17). The lowest BCUT2D eigenvalue weighted by Gasteiger charge is -2.09. The maximum atomic E-state index is 11.5. The molecule has 0 aliphatic rings. The van der Waals surface area contributed by atoms with Crippen LogP contribution in [0.5, 0.6) is 0 Å². The van der Waals surface area contributed by atoms with Crippen molar-refractivity contribution in [2.24, 2.45) is 0 Å². The van der Waals surface area contributed by atoms with Crippen molar-refractivity contribution in [3.05, 3.63) is 23.8 Å². The number of carbonyl (C=O) groups excluding carboxylic acids is 2. The minimum absolute atomic E-state index is 0.0988. The average molecular weight is 265 g/mol. The molecule has 0 radical (unpaired) electrons. The Kier molecular flexibility index (Phi) is 5.66. The molecule has 0 aromatic heterocycles. The molecule has 0 aliphatic heterocycles. The predicted octanol–water partition coefficient (Wildman–Crippen LogP) is 0.993. The molecule has 0 aliphatic carbocycles. The average Bonchev–Trinajstić information content (AvgIpc) is 2.43. The van der Waals surface area contributed by atoms with Gasteiger partial charge in [0, 0.05) is 17.9 Å². The van der Waals surface area contributed by atoms with Gasteiger partial charge < -0.3 is 21.1 Å². The van der Waals surface area contributed by atoms with Gasteiger partial charge in [-0.25, -0.2) is 4.79 Å². The summed E-state index contributed by atoms with van der Waals surface area (Å²) in [6.07, 6.45) is 0.889. The Morgan fingerprint density at radius 1 is 1.37 bits per heavy atom. The molecule has 6 heteroatoms. The highest BCUT2D eigenvalue weighted by molar-refractivity contribution is 5.96. The molecule has 1 aromatic carbocycles. The van der Waals surface area contributed by atoms with Crippen LogP contribution in [0, 0.1) is 0 Å². The molecule has 6 nitrogen and oxygen atoms in total. The Morgan fingerprint density at radius 2 is 2.11 bits per heavy atom. The van der Waals surface area contributed by atoms with Crippen LogP contribution in [-0.4, -0.2) is 32.1 Å². The molecule has 0 fully saturated rings. The van der Waals surface area contributed by atoms with Crippen LogP contribution >= 0.6 is 0 Å². The van der Waals surface area contributed by atoms with Gasteiger partial charge in [-0.1, -0.05) is 6.92 Å². The second kappa shape index (κ2) is 7.25. The minimum Gasteiger partial charge on any atom is -0.465 e. The number of hydrogen-bond acceptors (Lipinski definition) is 5. The van der Waals surface area contributed by atoms with Crippen molar-refractivity contribution < 1.29 is 14.3 Å². The zero-order valence-electron chi connectivity index (χ0n) is 11.2. The fourth-order valence-electron chi connectivity index (χ4n) is 1.46. The van der Waals surface area contributed by atoms with Crippen molar-refractivity contribution in [2.75, 3.05) is 31.2 Å². The van der Waals surface area contributed by atoms with E-state index in [1.807, 2.05) is 6.92 Å². The van der Waals surface area contributed by atoms with E-state index in [0.717, 1.165) is 6.42 Å². The fraction of sp³-hybridized carbons (Fsp3) is 0.385.